The average molecular weight is 433 g/mol. The quantitative estimate of drug-likeness (QED) is 0.475. The van der Waals surface area contributed by atoms with Crippen molar-refractivity contribution in [2.24, 2.45) is 4.99 Å². The standard InChI is InChI=1S/C29H30BN2O/c1-18-6-5-7-25(21(18)4)22-8-9-24(20(3)12-22)28(33)32-15-23-14-26-27(13-19(23)2)30-16-29(26)10-11-31-17-29/h5-9,12-15,31H,10-11,16-17H2,1-4H3. The van der Waals surface area contributed by atoms with E-state index in [4.69, 9.17) is 0 Å². The Hall–Kier alpha value is -2.98. The molecular weight excluding hydrogens is 403 g/mol. The van der Waals surface area contributed by atoms with Crippen molar-refractivity contribution in [3.8, 4) is 11.1 Å². The highest BCUT2D eigenvalue weighted by Gasteiger charge is 2.41. The maximum absolute atomic E-state index is 13.0. The Morgan fingerprint density at radius 2 is 1.88 bits per heavy atom. The van der Waals surface area contributed by atoms with Crippen LogP contribution in [0.3, 0.4) is 0 Å². The van der Waals surface area contributed by atoms with Gasteiger partial charge in [-0.15, -0.1) is 0 Å². The number of rotatable bonds is 3. The summed E-state index contributed by atoms with van der Waals surface area (Å²) < 4.78 is 0. The number of amides is 1. The zero-order valence-electron chi connectivity index (χ0n) is 20.0. The Bertz CT molecular complexity index is 1290. The highest BCUT2D eigenvalue weighted by Crippen LogP contribution is 2.38. The van der Waals surface area contributed by atoms with Gasteiger partial charge >= 0.3 is 0 Å². The molecule has 1 fully saturated rings. The lowest BCUT2D eigenvalue weighted by atomic mass is 9.68. The lowest BCUT2D eigenvalue weighted by molar-refractivity contribution is 0.100. The van der Waals surface area contributed by atoms with E-state index in [-0.39, 0.29) is 11.3 Å². The number of aliphatic imine (C=N–C) groups is 1. The Balaban J connectivity index is 1.41. The molecule has 1 atom stereocenters. The Morgan fingerprint density at radius 3 is 2.64 bits per heavy atom. The van der Waals surface area contributed by atoms with Gasteiger partial charge in [0.2, 0.25) is 0 Å². The highest BCUT2D eigenvalue weighted by atomic mass is 16.1. The first-order valence-corrected chi connectivity index (χ1v) is 11.8. The van der Waals surface area contributed by atoms with Gasteiger partial charge in [-0.1, -0.05) is 48.2 Å². The van der Waals surface area contributed by atoms with Gasteiger partial charge in [0.25, 0.3) is 5.91 Å². The maximum Gasteiger partial charge on any atom is 0.277 e. The Kier molecular flexibility index (Phi) is 5.58. The minimum Gasteiger partial charge on any atom is -0.316 e. The molecule has 0 aromatic heterocycles. The van der Waals surface area contributed by atoms with Crippen LogP contribution in [0.5, 0.6) is 0 Å². The largest absolute Gasteiger partial charge is 0.316 e. The number of carbonyl (C=O) groups is 1. The van der Waals surface area contributed by atoms with Crippen molar-refractivity contribution in [3.05, 3.63) is 87.5 Å². The SMILES string of the molecule is Cc1cc2c(cc1C=NC(=O)c1ccc(-c3cccc(C)c3C)cc1C)C1(C[B]2)CCNC1. The number of nitrogens with zero attached hydrogens (tertiary/aromatic N) is 1. The van der Waals surface area contributed by atoms with Gasteiger partial charge in [-0.2, -0.15) is 0 Å². The fourth-order valence-corrected chi connectivity index (χ4v) is 5.41. The second-order valence-corrected chi connectivity index (χ2v) is 9.75. The molecule has 3 nitrogen and oxygen atoms in total. The van der Waals surface area contributed by atoms with Crippen LogP contribution < -0.4 is 10.8 Å². The molecule has 1 saturated heterocycles. The van der Waals surface area contributed by atoms with Crippen LogP contribution in [-0.2, 0) is 5.41 Å². The first kappa shape index (κ1) is 21.8. The Morgan fingerprint density at radius 1 is 1.03 bits per heavy atom. The topological polar surface area (TPSA) is 41.5 Å². The lowest BCUT2D eigenvalue weighted by Gasteiger charge is -2.24. The number of carbonyl (C=O) groups excluding carboxylic acids is 1. The molecule has 0 bridgehead atoms. The molecule has 1 unspecified atom stereocenters. The summed E-state index contributed by atoms with van der Waals surface area (Å²) in [6.45, 7) is 10.5. The van der Waals surface area contributed by atoms with Gasteiger partial charge in [-0.3, -0.25) is 4.79 Å². The van der Waals surface area contributed by atoms with E-state index in [1.54, 1.807) is 6.21 Å². The third-order valence-electron chi connectivity index (χ3n) is 7.66. The minimum atomic E-state index is -0.191. The van der Waals surface area contributed by atoms with E-state index in [0.29, 0.717) is 5.56 Å². The number of nitrogens with one attached hydrogen (secondary N) is 1. The van der Waals surface area contributed by atoms with Crippen LogP contribution in [0.2, 0.25) is 6.32 Å². The summed E-state index contributed by atoms with van der Waals surface area (Å²) in [4.78, 5) is 17.4. The molecule has 1 radical (unpaired) electrons. The summed E-state index contributed by atoms with van der Waals surface area (Å²) in [5.41, 5.74) is 11.7. The van der Waals surface area contributed by atoms with E-state index in [1.807, 2.05) is 19.1 Å². The summed E-state index contributed by atoms with van der Waals surface area (Å²) in [6, 6.07) is 16.9. The van der Waals surface area contributed by atoms with Gasteiger partial charge in [-0.05, 0) is 97.3 Å². The first-order valence-electron chi connectivity index (χ1n) is 11.8. The average Bonchev–Trinajstić information content (AvgIpc) is 3.41. The predicted octanol–water partition coefficient (Wildman–Crippen LogP) is 4.84. The Labute approximate surface area is 197 Å². The fourth-order valence-electron chi connectivity index (χ4n) is 5.41. The van der Waals surface area contributed by atoms with Crippen LogP contribution in [0.4, 0.5) is 0 Å². The van der Waals surface area contributed by atoms with E-state index in [1.165, 1.54) is 34.1 Å². The van der Waals surface area contributed by atoms with Gasteiger partial charge in [0, 0.05) is 23.7 Å². The molecule has 33 heavy (non-hydrogen) atoms. The summed E-state index contributed by atoms with van der Waals surface area (Å²) in [5, 5.41) is 3.52. The van der Waals surface area contributed by atoms with Crippen molar-refractivity contribution in [2.75, 3.05) is 13.1 Å². The van der Waals surface area contributed by atoms with Crippen LogP contribution >= 0.6 is 0 Å². The zero-order chi connectivity index (χ0) is 23.2. The molecule has 1 spiro atoms. The second kappa shape index (κ2) is 8.42. The number of fused-ring (bicyclic) bond motifs is 2. The van der Waals surface area contributed by atoms with Crippen molar-refractivity contribution >= 4 is 24.9 Å². The number of hydrogen-bond acceptors (Lipinski definition) is 2. The van der Waals surface area contributed by atoms with E-state index in [9.17, 15) is 4.79 Å². The third-order valence-corrected chi connectivity index (χ3v) is 7.66. The van der Waals surface area contributed by atoms with Crippen LogP contribution in [-0.4, -0.2) is 32.5 Å². The molecule has 2 aliphatic heterocycles. The molecule has 165 valence electrons. The van der Waals surface area contributed by atoms with Crippen molar-refractivity contribution in [1.82, 2.24) is 5.32 Å². The van der Waals surface area contributed by atoms with Gasteiger partial charge in [0.15, 0.2) is 7.28 Å². The smallest absolute Gasteiger partial charge is 0.277 e. The van der Waals surface area contributed by atoms with Gasteiger partial charge < -0.3 is 5.32 Å². The monoisotopic (exact) mass is 433 g/mol. The molecule has 2 aliphatic rings. The summed E-state index contributed by atoms with van der Waals surface area (Å²) in [5.74, 6) is -0.191. The highest BCUT2D eigenvalue weighted by molar-refractivity contribution is 6.56. The molecule has 5 rings (SSSR count). The van der Waals surface area contributed by atoms with E-state index < -0.39 is 0 Å². The first-order chi connectivity index (χ1) is 15.9. The summed E-state index contributed by atoms with van der Waals surface area (Å²) in [6.07, 6.45) is 4.02. The lowest BCUT2D eigenvalue weighted by Crippen LogP contribution is -2.27. The second-order valence-electron chi connectivity index (χ2n) is 9.75. The van der Waals surface area contributed by atoms with E-state index in [0.717, 1.165) is 41.7 Å². The summed E-state index contributed by atoms with van der Waals surface area (Å²) in [7, 11) is 2.36. The van der Waals surface area contributed by atoms with Crippen LogP contribution in [0.1, 0.15) is 50.2 Å². The molecular formula is C29H30BN2O. The zero-order valence-corrected chi connectivity index (χ0v) is 20.0. The molecule has 1 amide bonds. The van der Waals surface area contributed by atoms with Crippen molar-refractivity contribution in [3.63, 3.8) is 0 Å². The number of hydrogen-bond donors (Lipinski definition) is 1. The van der Waals surface area contributed by atoms with Gasteiger partial charge in [0.1, 0.15) is 0 Å². The maximum atomic E-state index is 13.0. The molecule has 0 saturated carbocycles. The normalized spacial score (nSPS) is 19.3. The van der Waals surface area contributed by atoms with E-state index >= 15 is 0 Å². The van der Waals surface area contributed by atoms with Crippen molar-refractivity contribution < 1.29 is 4.79 Å². The molecule has 1 N–H and O–H groups in total. The molecule has 0 aliphatic carbocycles. The minimum absolute atomic E-state index is 0.191. The van der Waals surface area contributed by atoms with Gasteiger partial charge in [0.05, 0.1) is 0 Å². The van der Waals surface area contributed by atoms with Crippen molar-refractivity contribution in [2.45, 2.75) is 45.9 Å². The molecule has 4 heteroatoms. The van der Waals surface area contributed by atoms with Crippen LogP contribution in [0, 0.1) is 27.7 Å². The van der Waals surface area contributed by atoms with E-state index in [2.05, 4.69) is 74.8 Å². The predicted molar refractivity (Wildman–Crippen MR) is 139 cm³/mol. The number of aryl methyl sites for hydroxylation is 3. The summed E-state index contributed by atoms with van der Waals surface area (Å²) >= 11 is 0. The number of benzene rings is 3. The van der Waals surface area contributed by atoms with Crippen LogP contribution in [0.25, 0.3) is 11.1 Å². The van der Waals surface area contributed by atoms with Crippen LogP contribution in [0.15, 0.2) is 53.5 Å². The molecule has 2 heterocycles. The fraction of sp³-hybridized carbons (Fsp3) is 0.310. The van der Waals surface area contributed by atoms with Gasteiger partial charge in [-0.25, -0.2) is 4.99 Å². The molecule has 3 aromatic rings. The van der Waals surface area contributed by atoms with Crippen molar-refractivity contribution in [1.29, 1.82) is 0 Å². The third kappa shape index (κ3) is 3.87. The molecule has 3 aromatic carbocycles.